The van der Waals surface area contributed by atoms with E-state index in [2.05, 4.69) is 4.98 Å². The molecule has 0 aromatic carbocycles. The van der Waals surface area contributed by atoms with Gasteiger partial charge in [-0.15, -0.1) is 11.3 Å². The highest BCUT2D eigenvalue weighted by atomic mass is 32.2. The molecule has 26 heavy (non-hydrogen) atoms. The van der Waals surface area contributed by atoms with Crippen molar-refractivity contribution in [2.45, 2.75) is 25.8 Å². The maximum absolute atomic E-state index is 12.8. The van der Waals surface area contributed by atoms with Crippen molar-refractivity contribution in [3.8, 4) is 0 Å². The Kier molecular flexibility index (Phi) is 5.04. The summed E-state index contributed by atoms with van der Waals surface area (Å²) in [5.74, 6) is 2.58. The van der Waals surface area contributed by atoms with E-state index in [0.717, 1.165) is 47.2 Å². The fourth-order valence-corrected chi connectivity index (χ4v) is 5.55. The molecule has 0 unspecified atom stereocenters. The molecule has 0 N–H and O–H groups in total. The highest BCUT2D eigenvalue weighted by molar-refractivity contribution is 7.99. The largest absolute Gasteiger partial charge is 0.448 e. The van der Waals surface area contributed by atoms with Crippen LogP contribution >= 0.6 is 23.1 Å². The van der Waals surface area contributed by atoms with Gasteiger partial charge in [0.1, 0.15) is 5.76 Å². The molecule has 2 aliphatic rings. The Hall–Kier alpha value is -1.80. The minimum Gasteiger partial charge on any atom is -0.448 e. The van der Waals surface area contributed by atoms with E-state index in [1.54, 1.807) is 6.92 Å². The molecule has 0 aliphatic carbocycles. The van der Waals surface area contributed by atoms with Crippen LogP contribution in [0.15, 0.2) is 22.9 Å². The highest BCUT2D eigenvalue weighted by Gasteiger charge is 2.34. The molecule has 0 bridgehead atoms. The van der Waals surface area contributed by atoms with Crippen LogP contribution < -0.4 is 0 Å². The van der Waals surface area contributed by atoms with E-state index < -0.39 is 0 Å². The first kappa shape index (κ1) is 17.6. The van der Waals surface area contributed by atoms with Crippen molar-refractivity contribution < 1.29 is 14.0 Å². The van der Waals surface area contributed by atoms with Crippen molar-refractivity contribution in [1.29, 1.82) is 0 Å². The predicted molar refractivity (Wildman–Crippen MR) is 102 cm³/mol. The van der Waals surface area contributed by atoms with Crippen LogP contribution in [0.25, 0.3) is 0 Å². The zero-order valence-corrected chi connectivity index (χ0v) is 16.3. The maximum atomic E-state index is 12.8. The third kappa shape index (κ3) is 3.27. The van der Waals surface area contributed by atoms with Gasteiger partial charge in [-0.3, -0.25) is 9.59 Å². The molecule has 4 rings (SSSR count). The monoisotopic (exact) mass is 391 g/mol. The number of likely N-dealkylation sites (tertiary alicyclic amines) is 1. The SMILES string of the molecule is Cc1ocnc1C(=O)N1CCC[C@@H]1c1ccc(C(=O)N2CCSCC2)s1. The summed E-state index contributed by atoms with van der Waals surface area (Å²) in [6, 6.07) is 3.93. The number of nitrogens with zero attached hydrogens (tertiary/aromatic N) is 3. The Labute approximate surface area is 160 Å². The number of hydrogen-bond donors (Lipinski definition) is 0. The van der Waals surface area contributed by atoms with Gasteiger partial charge in [0.2, 0.25) is 0 Å². The second-order valence-electron chi connectivity index (χ2n) is 6.52. The maximum Gasteiger partial charge on any atom is 0.276 e. The van der Waals surface area contributed by atoms with Crippen LogP contribution in [0.3, 0.4) is 0 Å². The van der Waals surface area contributed by atoms with E-state index in [1.807, 2.05) is 33.7 Å². The number of thiophene rings is 1. The standard InChI is InChI=1S/C18H21N3O3S2/c1-12-16(19-11-24-12)18(23)21-6-2-3-13(21)14-4-5-15(26-14)17(22)20-7-9-25-10-8-20/h4-5,11,13H,2-3,6-10H2,1H3/t13-/m1/s1. The van der Waals surface area contributed by atoms with Gasteiger partial charge in [-0.05, 0) is 31.9 Å². The first-order chi connectivity index (χ1) is 12.6. The van der Waals surface area contributed by atoms with Gasteiger partial charge in [-0.2, -0.15) is 11.8 Å². The summed E-state index contributed by atoms with van der Waals surface area (Å²) in [5, 5.41) is 0. The van der Waals surface area contributed by atoms with Crippen molar-refractivity contribution in [1.82, 2.24) is 14.8 Å². The molecule has 2 aliphatic heterocycles. The van der Waals surface area contributed by atoms with Crippen LogP contribution in [-0.4, -0.2) is 57.7 Å². The lowest BCUT2D eigenvalue weighted by Crippen LogP contribution is -2.37. The molecule has 2 aromatic heterocycles. The third-order valence-electron chi connectivity index (χ3n) is 4.93. The molecule has 2 aromatic rings. The number of oxazole rings is 1. The zero-order valence-electron chi connectivity index (χ0n) is 14.6. The molecule has 6 nitrogen and oxygen atoms in total. The quantitative estimate of drug-likeness (QED) is 0.804. The van der Waals surface area contributed by atoms with E-state index in [9.17, 15) is 9.59 Å². The van der Waals surface area contributed by atoms with E-state index >= 15 is 0 Å². The van der Waals surface area contributed by atoms with Gasteiger partial charge in [0, 0.05) is 36.0 Å². The normalized spacial score (nSPS) is 20.6. The molecule has 2 fully saturated rings. The molecule has 0 saturated carbocycles. The van der Waals surface area contributed by atoms with Crippen molar-refractivity contribution in [2.75, 3.05) is 31.1 Å². The number of carbonyl (C=O) groups excluding carboxylic acids is 2. The average Bonchev–Trinajstić information content (AvgIpc) is 3.41. The second kappa shape index (κ2) is 7.44. The zero-order chi connectivity index (χ0) is 18.1. The predicted octanol–water partition coefficient (Wildman–Crippen LogP) is 3.21. The molecule has 138 valence electrons. The average molecular weight is 392 g/mol. The lowest BCUT2D eigenvalue weighted by molar-refractivity contribution is 0.0730. The molecular formula is C18H21N3O3S2. The number of amides is 2. The first-order valence-electron chi connectivity index (χ1n) is 8.83. The van der Waals surface area contributed by atoms with Gasteiger partial charge in [0.15, 0.2) is 12.1 Å². The number of rotatable bonds is 3. The summed E-state index contributed by atoms with van der Waals surface area (Å²) in [5.41, 5.74) is 0.385. The molecule has 2 amide bonds. The van der Waals surface area contributed by atoms with Crippen molar-refractivity contribution in [3.05, 3.63) is 39.7 Å². The molecule has 2 saturated heterocycles. The Bertz CT molecular complexity index is 810. The van der Waals surface area contributed by atoms with Gasteiger partial charge < -0.3 is 14.2 Å². The molecule has 0 radical (unpaired) electrons. The summed E-state index contributed by atoms with van der Waals surface area (Å²) >= 11 is 3.41. The van der Waals surface area contributed by atoms with E-state index in [1.165, 1.54) is 17.7 Å². The minimum atomic E-state index is -0.0897. The summed E-state index contributed by atoms with van der Waals surface area (Å²) in [6.45, 7) is 4.09. The van der Waals surface area contributed by atoms with Crippen molar-refractivity contribution >= 4 is 34.9 Å². The first-order valence-corrected chi connectivity index (χ1v) is 10.8. The lowest BCUT2D eigenvalue weighted by Gasteiger charge is -2.26. The molecule has 4 heterocycles. The number of carbonyl (C=O) groups is 2. The van der Waals surface area contributed by atoms with Gasteiger partial charge >= 0.3 is 0 Å². The summed E-state index contributed by atoms with van der Waals surface area (Å²) in [4.78, 5) is 35.2. The highest BCUT2D eigenvalue weighted by Crippen LogP contribution is 2.37. The van der Waals surface area contributed by atoms with Crippen LogP contribution in [0, 0.1) is 6.92 Å². The van der Waals surface area contributed by atoms with Crippen LogP contribution in [0.1, 0.15) is 49.7 Å². The van der Waals surface area contributed by atoms with E-state index in [-0.39, 0.29) is 17.9 Å². The van der Waals surface area contributed by atoms with E-state index in [0.29, 0.717) is 18.0 Å². The Morgan fingerprint density at radius 3 is 2.73 bits per heavy atom. The Morgan fingerprint density at radius 2 is 2.00 bits per heavy atom. The van der Waals surface area contributed by atoms with Gasteiger partial charge in [0.05, 0.1) is 10.9 Å². The lowest BCUT2D eigenvalue weighted by atomic mass is 10.1. The molecular weight excluding hydrogens is 370 g/mol. The second-order valence-corrected chi connectivity index (χ2v) is 8.86. The van der Waals surface area contributed by atoms with Crippen LogP contribution in [0.4, 0.5) is 0 Å². The van der Waals surface area contributed by atoms with Crippen molar-refractivity contribution in [2.24, 2.45) is 0 Å². The fraction of sp³-hybridized carbons (Fsp3) is 0.500. The fourth-order valence-electron chi connectivity index (χ4n) is 3.52. The summed E-state index contributed by atoms with van der Waals surface area (Å²) < 4.78 is 5.18. The smallest absolute Gasteiger partial charge is 0.276 e. The molecule has 0 spiro atoms. The minimum absolute atomic E-state index is 0.0158. The van der Waals surface area contributed by atoms with E-state index in [4.69, 9.17) is 4.42 Å². The van der Waals surface area contributed by atoms with Gasteiger partial charge in [-0.1, -0.05) is 0 Å². The number of thioether (sulfide) groups is 1. The van der Waals surface area contributed by atoms with Gasteiger partial charge in [-0.25, -0.2) is 4.98 Å². The molecule has 1 atom stereocenters. The number of hydrogen-bond acceptors (Lipinski definition) is 6. The summed E-state index contributed by atoms with van der Waals surface area (Å²) in [6.07, 6.45) is 3.18. The van der Waals surface area contributed by atoms with Gasteiger partial charge in [0.25, 0.3) is 11.8 Å². The number of aromatic nitrogens is 1. The molecule has 8 heteroatoms. The summed E-state index contributed by atoms with van der Waals surface area (Å²) in [7, 11) is 0. The topological polar surface area (TPSA) is 66.7 Å². The van der Waals surface area contributed by atoms with Crippen LogP contribution in [0.2, 0.25) is 0 Å². The van der Waals surface area contributed by atoms with Crippen molar-refractivity contribution in [3.63, 3.8) is 0 Å². The Balaban J connectivity index is 1.52. The van der Waals surface area contributed by atoms with Crippen LogP contribution in [-0.2, 0) is 0 Å². The Morgan fingerprint density at radius 1 is 1.19 bits per heavy atom. The number of aryl methyl sites for hydroxylation is 1. The third-order valence-corrected chi connectivity index (χ3v) is 7.04. The van der Waals surface area contributed by atoms with Crippen LogP contribution in [0.5, 0.6) is 0 Å².